The summed E-state index contributed by atoms with van der Waals surface area (Å²) in [6, 6.07) is 21.3. The van der Waals surface area contributed by atoms with Crippen LogP contribution in [0.5, 0.6) is 11.5 Å². The fraction of sp³-hybridized carbons (Fsp3) is 0. The van der Waals surface area contributed by atoms with E-state index in [1.807, 2.05) is 0 Å². The normalized spacial score (nSPS) is 10.7. The highest BCUT2D eigenvalue weighted by Gasteiger charge is 2.15. The predicted molar refractivity (Wildman–Crippen MR) is 147 cm³/mol. The number of nitro benzene ring substituents is 1. The Hall–Kier alpha value is -5.06. The zero-order valence-corrected chi connectivity index (χ0v) is 21.8. The molecular weight excluding hydrogens is 561 g/mol. The number of rotatable bonds is 8. The summed E-state index contributed by atoms with van der Waals surface area (Å²) in [6.07, 6.45) is 1.22. The molecule has 10 nitrogen and oxygen atoms in total. The Bertz CT molecular complexity index is 1600. The number of carbonyl (C=O) groups is 3. The molecule has 0 bridgehead atoms. The molecule has 4 aromatic rings. The highest BCUT2D eigenvalue weighted by Crippen LogP contribution is 2.26. The molecule has 0 radical (unpaired) electrons. The molecule has 0 atom stereocenters. The second kappa shape index (κ2) is 12.7. The molecule has 0 aliphatic heterocycles. The average molecular weight is 578 g/mol. The van der Waals surface area contributed by atoms with Crippen molar-refractivity contribution in [1.29, 1.82) is 0 Å². The number of non-ortho nitro benzene ring substituents is 1. The topological polar surface area (TPSA) is 137 Å². The first-order valence-electron chi connectivity index (χ1n) is 11.4. The fourth-order valence-electron chi connectivity index (χ4n) is 3.23. The molecular formula is C28H17Cl2N3O7. The van der Waals surface area contributed by atoms with Crippen molar-refractivity contribution in [3.8, 4) is 11.5 Å². The fourth-order valence-corrected chi connectivity index (χ4v) is 3.48. The lowest BCUT2D eigenvalue weighted by Gasteiger charge is -2.11. The second-order valence-corrected chi connectivity index (χ2v) is 8.87. The molecule has 1 N–H and O–H groups in total. The first-order chi connectivity index (χ1) is 19.2. The Balaban J connectivity index is 1.55. The summed E-state index contributed by atoms with van der Waals surface area (Å²) in [5, 5.41) is 15.6. The molecule has 12 heteroatoms. The number of hydrazone groups is 1. The number of ether oxygens (including phenoxy) is 2. The van der Waals surface area contributed by atoms with E-state index in [9.17, 15) is 24.5 Å². The van der Waals surface area contributed by atoms with Crippen LogP contribution in [0.15, 0.2) is 96.1 Å². The highest BCUT2D eigenvalue weighted by atomic mass is 35.5. The summed E-state index contributed by atoms with van der Waals surface area (Å²) in [5.41, 5.74) is 3.00. The van der Waals surface area contributed by atoms with Gasteiger partial charge in [-0.3, -0.25) is 14.9 Å². The number of nitrogens with zero attached hydrogens (tertiary/aromatic N) is 2. The Morgan fingerprint density at radius 2 is 1.27 bits per heavy atom. The van der Waals surface area contributed by atoms with Gasteiger partial charge in [-0.2, -0.15) is 5.10 Å². The number of hydrogen-bond donors (Lipinski definition) is 1. The molecule has 0 aliphatic rings. The molecule has 4 rings (SSSR count). The molecule has 0 heterocycles. The molecule has 200 valence electrons. The van der Waals surface area contributed by atoms with Gasteiger partial charge < -0.3 is 9.47 Å². The van der Waals surface area contributed by atoms with Gasteiger partial charge in [-0.15, -0.1) is 0 Å². The SMILES string of the molecule is O=C(NN=Cc1ccc(OC(=O)c2ccc(Cl)cc2)cc1OC(=O)c1ccc(Cl)cc1)c1ccc([N+](=O)[O-])cc1. The van der Waals surface area contributed by atoms with Crippen LogP contribution in [0, 0.1) is 10.1 Å². The van der Waals surface area contributed by atoms with Crippen molar-refractivity contribution >= 4 is 52.9 Å². The summed E-state index contributed by atoms with van der Waals surface area (Å²) in [7, 11) is 0. The van der Waals surface area contributed by atoms with E-state index in [0.717, 1.165) is 0 Å². The molecule has 4 aromatic carbocycles. The van der Waals surface area contributed by atoms with Crippen LogP contribution in [-0.2, 0) is 0 Å². The highest BCUT2D eigenvalue weighted by molar-refractivity contribution is 6.31. The van der Waals surface area contributed by atoms with E-state index in [2.05, 4.69) is 10.5 Å². The Morgan fingerprint density at radius 3 is 1.82 bits per heavy atom. The molecule has 0 fully saturated rings. The van der Waals surface area contributed by atoms with Crippen LogP contribution in [0.4, 0.5) is 5.69 Å². The minimum atomic E-state index is -0.720. The molecule has 0 unspecified atom stereocenters. The smallest absolute Gasteiger partial charge is 0.343 e. The van der Waals surface area contributed by atoms with E-state index in [1.165, 1.54) is 85.1 Å². The third-order valence-corrected chi connectivity index (χ3v) is 5.77. The molecule has 0 saturated heterocycles. The van der Waals surface area contributed by atoms with Crippen LogP contribution >= 0.6 is 23.2 Å². The van der Waals surface area contributed by atoms with Crippen molar-refractivity contribution in [3.05, 3.63) is 133 Å². The summed E-state index contributed by atoms with van der Waals surface area (Å²) in [5.74, 6) is -1.95. The van der Waals surface area contributed by atoms with Crippen LogP contribution in [0.2, 0.25) is 10.0 Å². The van der Waals surface area contributed by atoms with Gasteiger partial charge in [-0.25, -0.2) is 15.0 Å². The minimum Gasteiger partial charge on any atom is -0.423 e. The lowest BCUT2D eigenvalue weighted by atomic mass is 10.2. The van der Waals surface area contributed by atoms with E-state index < -0.39 is 22.8 Å². The Labute approximate surface area is 236 Å². The zero-order chi connectivity index (χ0) is 28.6. The molecule has 0 spiro atoms. The van der Waals surface area contributed by atoms with Crippen LogP contribution in [0.1, 0.15) is 36.6 Å². The first-order valence-corrected chi connectivity index (χ1v) is 12.1. The number of nitro groups is 1. The third kappa shape index (κ3) is 7.28. The van der Waals surface area contributed by atoms with Crippen molar-refractivity contribution in [3.63, 3.8) is 0 Å². The third-order valence-electron chi connectivity index (χ3n) is 5.27. The molecule has 0 aromatic heterocycles. The van der Waals surface area contributed by atoms with E-state index in [4.69, 9.17) is 32.7 Å². The van der Waals surface area contributed by atoms with E-state index in [0.29, 0.717) is 10.0 Å². The Morgan fingerprint density at radius 1 is 0.750 bits per heavy atom. The average Bonchev–Trinajstić information content (AvgIpc) is 2.94. The van der Waals surface area contributed by atoms with Gasteiger partial charge in [0.2, 0.25) is 0 Å². The number of hydrogen-bond acceptors (Lipinski definition) is 8. The number of carbonyl (C=O) groups excluding carboxylic acids is 3. The Kier molecular flexibility index (Phi) is 8.85. The maximum absolute atomic E-state index is 12.8. The summed E-state index contributed by atoms with van der Waals surface area (Å²) >= 11 is 11.8. The minimum absolute atomic E-state index is 0.0188. The van der Waals surface area contributed by atoms with Gasteiger partial charge in [0.15, 0.2) is 0 Å². The van der Waals surface area contributed by atoms with Gasteiger partial charge in [0.05, 0.1) is 22.3 Å². The predicted octanol–water partition coefficient (Wildman–Crippen LogP) is 6.10. The zero-order valence-electron chi connectivity index (χ0n) is 20.2. The van der Waals surface area contributed by atoms with Gasteiger partial charge >= 0.3 is 11.9 Å². The van der Waals surface area contributed by atoms with Crippen LogP contribution in [0.3, 0.4) is 0 Å². The van der Waals surface area contributed by atoms with Gasteiger partial charge in [0.1, 0.15) is 11.5 Å². The first kappa shape index (κ1) is 28.0. The second-order valence-electron chi connectivity index (χ2n) is 8.00. The summed E-state index contributed by atoms with van der Waals surface area (Å²) < 4.78 is 10.9. The van der Waals surface area contributed by atoms with Gasteiger partial charge in [0.25, 0.3) is 11.6 Å². The molecule has 0 aliphatic carbocycles. The molecule has 1 amide bonds. The monoisotopic (exact) mass is 577 g/mol. The van der Waals surface area contributed by atoms with E-state index in [1.54, 1.807) is 12.1 Å². The van der Waals surface area contributed by atoms with Crippen molar-refractivity contribution < 1.29 is 28.8 Å². The van der Waals surface area contributed by atoms with Gasteiger partial charge in [-0.05, 0) is 72.8 Å². The number of esters is 2. The summed E-state index contributed by atoms with van der Waals surface area (Å²) in [4.78, 5) is 47.9. The van der Waals surface area contributed by atoms with Crippen LogP contribution in [0.25, 0.3) is 0 Å². The number of amides is 1. The maximum Gasteiger partial charge on any atom is 0.343 e. The number of halogens is 2. The standard InChI is InChI=1S/C28H17Cl2N3O7/c29-21-8-1-18(2-9-21)27(35)39-24-14-7-20(25(15-24)40-28(36)19-3-10-22(30)11-4-19)16-31-32-26(34)17-5-12-23(13-6-17)33(37)38/h1-16H,(H,32,34). The van der Waals surface area contributed by atoms with Crippen molar-refractivity contribution in [2.45, 2.75) is 0 Å². The largest absolute Gasteiger partial charge is 0.423 e. The van der Waals surface area contributed by atoms with Gasteiger partial charge in [0, 0.05) is 39.4 Å². The summed E-state index contributed by atoms with van der Waals surface area (Å²) in [6.45, 7) is 0. The van der Waals surface area contributed by atoms with Gasteiger partial charge in [-0.1, -0.05) is 23.2 Å². The van der Waals surface area contributed by atoms with E-state index in [-0.39, 0.29) is 39.4 Å². The number of nitrogens with one attached hydrogen (secondary N) is 1. The van der Waals surface area contributed by atoms with Crippen LogP contribution < -0.4 is 14.9 Å². The number of benzene rings is 4. The van der Waals surface area contributed by atoms with Crippen molar-refractivity contribution in [1.82, 2.24) is 5.43 Å². The van der Waals surface area contributed by atoms with Crippen molar-refractivity contribution in [2.24, 2.45) is 5.10 Å². The lowest BCUT2D eigenvalue weighted by molar-refractivity contribution is -0.384. The van der Waals surface area contributed by atoms with Crippen LogP contribution in [-0.4, -0.2) is 29.0 Å². The van der Waals surface area contributed by atoms with Crippen molar-refractivity contribution in [2.75, 3.05) is 0 Å². The van der Waals surface area contributed by atoms with E-state index >= 15 is 0 Å². The molecule has 0 saturated carbocycles. The quantitative estimate of drug-likeness (QED) is 0.0876. The maximum atomic E-state index is 12.8. The molecule has 40 heavy (non-hydrogen) atoms. The lowest BCUT2D eigenvalue weighted by Crippen LogP contribution is -2.17.